The first-order valence-corrected chi connectivity index (χ1v) is 10.3. The number of rotatable bonds is 7. The first-order chi connectivity index (χ1) is 16.0. The van der Waals surface area contributed by atoms with Crippen LogP contribution in [0.4, 0.5) is 11.5 Å². The molecule has 0 aliphatic rings. The van der Waals surface area contributed by atoms with Crippen molar-refractivity contribution < 1.29 is 9.53 Å². The molecular weight excluding hydrogens is 422 g/mol. The van der Waals surface area contributed by atoms with Crippen LogP contribution in [0.2, 0.25) is 0 Å². The Bertz CT molecular complexity index is 1410. The number of nitrogens with one attached hydrogen (secondary N) is 1. The zero-order chi connectivity index (χ0) is 23.4. The van der Waals surface area contributed by atoms with Crippen LogP contribution in [0.5, 0.6) is 0 Å². The van der Waals surface area contributed by atoms with Gasteiger partial charge in [0.2, 0.25) is 0 Å². The van der Waals surface area contributed by atoms with Gasteiger partial charge in [-0.1, -0.05) is 42.5 Å². The summed E-state index contributed by atoms with van der Waals surface area (Å²) in [7, 11) is 1.49. The fraction of sp³-hybridized carbons (Fsp3) is 0.167. The minimum Gasteiger partial charge on any atom is -0.383 e. The smallest absolute Gasteiger partial charge is 0.330 e. The Morgan fingerprint density at radius 1 is 1.09 bits per heavy atom. The number of methoxy groups -OCH3 is 1. The molecule has 0 saturated heterocycles. The highest BCUT2D eigenvalue weighted by Crippen LogP contribution is 2.25. The number of H-pyrrole nitrogens is 1. The van der Waals surface area contributed by atoms with Gasteiger partial charge in [0.15, 0.2) is 5.69 Å². The van der Waals surface area contributed by atoms with Crippen molar-refractivity contribution in [3.8, 4) is 0 Å². The van der Waals surface area contributed by atoms with Gasteiger partial charge in [0.25, 0.3) is 11.5 Å². The van der Waals surface area contributed by atoms with Crippen LogP contribution in [0.25, 0.3) is 10.9 Å². The third kappa shape index (κ3) is 4.39. The number of carbonyl (C=O) groups is 1. The Morgan fingerprint density at radius 3 is 2.64 bits per heavy atom. The summed E-state index contributed by atoms with van der Waals surface area (Å²) in [6.45, 7) is 0.403. The normalized spacial score (nSPS) is 10.9. The molecule has 9 nitrogen and oxygen atoms in total. The van der Waals surface area contributed by atoms with Crippen molar-refractivity contribution in [1.82, 2.24) is 14.5 Å². The van der Waals surface area contributed by atoms with E-state index in [4.69, 9.17) is 10.5 Å². The number of anilines is 2. The predicted octanol–water partition coefficient (Wildman–Crippen LogP) is 2.16. The lowest BCUT2D eigenvalue weighted by Gasteiger charge is -2.25. The van der Waals surface area contributed by atoms with Gasteiger partial charge in [-0.3, -0.25) is 29.0 Å². The molecule has 2 aromatic heterocycles. The second kappa shape index (κ2) is 9.49. The highest BCUT2D eigenvalue weighted by Gasteiger charge is 2.26. The van der Waals surface area contributed by atoms with Crippen LogP contribution in [-0.4, -0.2) is 34.2 Å². The van der Waals surface area contributed by atoms with E-state index in [1.807, 2.05) is 30.3 Å². The number of aromatic amines is 1. The second-order valence-corrected chi connectivity index (χ2v) is 7.39. The monoisotopic (exact) mass is 445 g/mol. The molecule has 0 aliphatic heterocycles. The molecule has 168 valence electrons. The SMILES string of the molecule is COCCn1c(N)c(N(Cc2ccccc2)C(=O)c2cccc3ncccc23)c(=O)[nH]c1=O. The summed E-state index contributed by atoms with van der Waals surface area (Å²) >= 11 is 0. The molecule has 0 saturated carbocycles. The molecule has 0 aliphatic carbocycles. The molecular formula is C24H23N5O4. The molecule has 0 unspecified atom stereocenters. The van der Waals surface area contributed by atoms with Gasteiger partial charge in [-0.05, 0) is 23.8 Å². The number of aromatic nitrogens is 3. The van der Waals surface area contributed by atoms with E-state index >= 15 is 0 Å². The zero-order valence-electron chi connectivity index (χ0n) is 18.0. The Balaban J connectivity index is 1.90. The highest BCUT2D eigenvalue weighted by atomic mass is 16.5. The van der Waals surface area contributed by atoms with Gasteiger partial charge in [0, 0.05) is 24.3 Å². The summed E-state index contributed by atoms with van der Waals surface area (Å²) < 4.78 is 6.24. The van der Waals surface area contributed by atoms with Crippen LogP contribution in [0.3, 0.4) is 0 Å². The maximum Gasteiger partial charge on any atom is 0.330 e. The molecule has 0 atom stereocenters. The lowest BCUT2D eigenvalue weighted by Crippen LogP contribution is -2.41. The van der Waals surface area contributed by atoms with Crippen LogP contribution in [0, 0.1) is 0 Å². The van der Waals surface area contributed by atoms with E-state index in [1.54, 1.807) is 36.5 Å². The zero-order valence-corrected chi connectivity index (χ0v) is 18.0. The Hall–Kier alpha value is -4.24. The van der Waals surface area contributed by atoms with Crippen LogP contribution in [-0.2, 0) is 17.8 Å². The van der Waals surface area contributed by atoms with Crippen molar-refractivity contribution >= 4 is 28.3 Å². The average Bonchev–Trinajstić information content (AvgIpc) is 2.83. The van der Waals surface area contributed by atoms with Gasteiger partial charge in [-0.25, -0.2) is 4.79 Å². The van der Waals surface area contributed by atoms with E-state index in [1.165, 1.54) is 16.6 Å². The van der Waals surface area contributed by atoms with Crippen molar-refractivity contribution in [3.05, 3.63) is 98.8 Å². The Morgan fingerprint density at radius 2 is 1.88 bits per heavy atom. The molecule has 0 bridgehead atoms. The summed E-state index contributed by atoms with van der Waals surface area (Å²) in [6, 6.07) is 18.0. The first-order valence-electron chi connectivity index (χ1n) is 10.3. The van der Waals surface area contributed by atoms with Gasteiger partial charge >= 0.3 is 5.69 Å². The van der Waals surface area contributed by atoms with Crippen molar-refractivity contribution in [3.63, 3.8) is 0 Å². The minimum absolute atomic E-state index is 0.0755. The third-order valence-corrected chi connectivity index (χ3v) is 5.31. The van der Waals surface area contributed by atoms with Gasteiger partial charge in [0.05, 0.1) is 25.2 Å². The lowest BCUT2D eigenvalue weighted by molar-refractivity contribution is 0.0986. The van der Waals surface area contributed by atoms with Crippen molar-refractivity contribution in [2.24, 2.45) is 0 Å². The molecule has 2 heterocycles. The average molecular weight is 445 g/mol. The van der Waals surface area contributed by atoms with Crippen LogP contribution in [0.15, 0.2) is 76.4 Å². The molecule has 0 fully saturated rings. The third-order valence-electron chi connectivity index (χ3n) is 5.31. The van der Waals surface area contributed by atoms with E-state index in [0.29, 0.717) is 16.5 Å². The number of carbonyl (C=O) groups excluding carboxylic acids is 1. The molecule has 33 heavy (non-hydrogen) atoms. The summed E-state index contributed by atoms with van der Waals surface area (Å²) in [5.41, 5.74) is 6.59. The number of hydrogen-bond acceptors (Lipinski definition) is 6. The van der Waals surface area contributed by atoms with Crippen LogP contribution >= 0.6 is 0 Å². The number of nitrogens with zero attached hydrogens (tertiary/aromatic N) is 3. The maximum absolute atomic E-state index is 13.9. The quantitative estimate of drug-likeness (QED) is 0.449. The van der Waals surface area contributed by atoms with Gasteiger partial charge in [-0.15, -0.1) is 0 Å². The topological polar surface area (TPSA) is 123 Å². The molecule has 2 aromatic carbocycles. The number of ether oxygens (including phenoxy) is 1. The second-order valence-electron chi connectivity index (χ2n) is 7.39. The number of hydrogen-bond donors (Lipinski definition) is 2. The van der Waals surface area contributed by atoms with Crippen molar-refractivity contribution in [2.45, 2.75) is 13.1 Å². The Kier molecular flexibility index (Phi) is 6.32. The largest absolute Gasteiger partial charge is 0.383 e. The van der Waals surface area contributed by atoms with E-state index < -0.39 is 17.2 Å². The highest BCUT2D eigenvalue weighted by molar-refractivity contribution is 6.14. The molecule has 0 radical (unpaired) electrons. The van der Waals surface area contributed by atoms with Gasteiger partial charge < -0.3 is 10.5 Å². The van der Waals surface area contributed by atoms with Crippen molar-refractivity contribution in [1.29, 1.82) is 0 Å². The van der Waals surface area contributed by atoms with Crippen LogP contribution < -0.4 is 21.9 Å². The molecule has 4 aromatic rings. The number of amides is 1. The van der Waals surface area contributed by atoms with E-state index in [9.17, 15) is 14.4 Å². The number of pyridine rings is 1. The number of nitrogen functional groups attached to an aromatic ring is 1. The number of benzene rings is 2. The minimum atomic E-state index is -0.742. The van der Waals surface area contributed by atoms with E-state index in [-0.39, 0.29) is 31.2 Å². The summed E-state index contributed by atoms with van der Waals surface area (Å²) in [5.74, 6) is -0.546. The van der Waals surface area contributed by atoms with Gasteiger partial charge in [-0.2, -0.15) is 0 Å². The van der Waals surface area contributed by atoms with Crippen molar-refractivity contribution in [2.75, 3.05) is 24.4 Å². The van der Waals surface area contributed by atoms with E-state index in [0.717, 1.165) is 5.56 Å². The fourth-order valence-electron chi connectivity index (χ4n) is 3.70. The standard InChI is InChI=1S/C24H23N5O4/c1-33-14-13-28-21(25)20(22(30)27-24(28)32)29(15-16-7-3-2-4-8-16)23(31)18-9-5-11-19-17(18)10-6-12-26-19/h2-12H,13-15,25H2,1H3,(H,27,30,32). The lowest BCUT2D eigenvalue weighted by atomic mass is 10.1. The van der Waals surface area contributed by atoms with Gasteiger partial charge in [0.1, 0.15) is 5.82 Å². The number of fused-ring (bicyclic) bond motifs is 1. The summed E-state index contributed by atoms with van der Waals surface area (Å²) in [6.07, 6.45) is 1.65. The molecule has 9 heteroatoms. The molecule has 3 N–H and O–H groups in total. The van der Waals surface area contributed by atoms with Crippen LogP contribution in [0.1, 0.15) is 15.9 Å². The fourth-order valence-corrected chi connectivity index (χ4v) is 3.70. The maximum atomic E-state index is 13.9. The van der Waals surface area contributed by atoms with E-state index in [2.05, 4.69) is 9.97 Å². The number of nitrogens with two attached hydrogens (primary N) is 1. The molecule has 0 spiro atoms. The first kappa shape index (κ1) is 22.0. The predicted molar refractivity (Wildman–Crippen MR) is 126 cm³/mol. The molecule has 4 rings (SSSR count). The molecule has 1 amide bonds. The summed E-state index contributed by atoms with van der Waals surface area (Å²) in [5, 5.41) is 0.644. The Labute approximate surface area is 189 Å². The summed E-state index contributed by atoms with van der Waals surface area (Å²) in [4.78, 5) is 47.1.